The summed E-state index contributed by atoms with van der Waals surface area (Å²) in [4.78, 5) is 7.12. The van der Waals surface area contributed by atoms with Crippen LogP contribution < -0.4 is 4.90 Å². The number of hydrogen-bond donors (Lipinski definition) is 0. The zero-order valence-corrected chi connectivity index (χ0v) is 11.7. The first kappa shape index (κ1) is 12.5. The van der Waals surface area contributed by atoms with Crippen LogP contribution in [0.25, 0.3) is 0 Å². The van der Waals surface area contributed by atoms with Gasteiger partial charge in [-0.3, -0.25) is 0 Å². The van der Waals surface area contributed by atoms with Crippen molar-refractivity contribution in [1.82, 2.24) is 4.98 Å². The molecule has 100 valence electrons. The van der Waals surface area contributed by atoms with E-state index in [1.807, 2.05) is 0 Å². The summed E-state index contributed by atoms with van der Waals surface area (Å²) in [5, 5.41) is 9.36. The summed E-state index contributed by atoms with van der Waals surface area (Å²) in [6.45, 7) is 4.38. The van der Waals surface area contributed by atoms with Crippen LogP contribution in [0.15, 0.2) is 6.07 Å². The zero-order valence-electron chi connectivity index (χ0n) is 11.7. The van der Waals surface area contributed by atoms with Crippen LogP contribution in [-0.2, 0) is 12.8 Å². The molecule has 2 heterocycles. The lowest BCUT2D eigenvalue weighted by molar-refractivity contribution is 0.393. The maximum absolute atomic E-state index is 9.36. The minimum absolute atomic E-state index is 0.774. The third-order valence-corrected chi connectivity index (χ3v) is 4.64. The first-order valence-corrected chi connectivity index (χ1v) is 7.49. The van der Waals surface area contributed by atoms with Gasteiger partial charge in [0.1, 0.15) is 11.9 Å². The molecule has 1 fully saturated rings. The predicted octanol–water partition coefficient (Wildman–Crippen LogP) is 3.07. The van der Waals surface area contributed by atoms with E-state index in [9.17, 15) is 5.26 Å². The molecule has 0 radical (unpaired) electrons. The molecule has 0 amide bonds. The van der Waals surface area contributed by atoms with E-state index < -0.39 is 0 Å². The minimum Gasteiger partial charge on any atom is -0.355 e. The van der Waals surface area contributed by atoms with Crippen molar-refractivity contribution in [2.75, 3.05) is 18.0 Å². The van der Waals surface area contributed by atoms with Gasteiger partial charge in [-0.15, -0.1) is 0 Å². The molecule has 2 aliphatic rings. The number of piperidine rings is 1. The lowest BCUT2D eigenvalue weighted by atomic mass is 9.94. The number of rotatable bonds is 2. The van der Waals surface area contributed by atoms with Crippen LogP contribution in [0.1, 0.15) is 49.4 Å². The molecule has 1 aliphatic heterocycles. The Balaban J connectivity index is 1.86. The van der Waals surface area contributed by atoms with Gasteiger partial charge in [-0.1, -0.05) is 13.3 Å². The highest BCUT2D eigenvalue weighted by molar-refractivity contribution is 5.57. The van der Waals surface area contributed by atoms with Gasteiger partial charge in [0.05, 0.1) is 5.56 Å². The van der Waals surface area contributed by atoms with Crippen molar-refractivity contribution in [3.8, 4) is 6.07 Å². The largest absolute Gasteiger partial charge is 0.355 e. The molecule has 0 bridgehead atoms. The summed E-state index contributed by atoms with van der Waals surface area (Å²) in [5.41, 5.74) is 3.30. The van der Waals surface area contributed by atoms with Crippen LogP contribution in [0, 0.1) is 17.2 Å². The minimum atomic E-state index is 0.774. The summed E-state index contributed by atoms with van der Waals surface area (Å²) >= 11 is 0. The number of aryl methyl sites for hydroxylation is 2. The fourth-order valence-electron chi connectivity index (χ4n) is 3.34. The van der Waals surface area contributed by atoms with Crippen molar-refractivity contribution in [2.45, 2.75) is 45.4 Å². The predicted molar refractivity (Wildman–Crippen MR) is 76.2 cm³/mol. The maximum Gasteiger partial charge on any atom is 0.146 e. The fraction of sp³-hybridized carbons (Fsp3) is 0.625. The summed E-state index contributed by atoms with van der Waals surface area (Å²) in [7, 11) is 0. The van der Waals surface area contributed by atoms with Gasteiger partial charge in [0.15, 0.2) is 0 Å². The molecule has 0 atom stereocenters. The molecule has 0 spiro atoms. The Kier molecular flexibility index (Phi) is 3.42. The van der Waals surface area contributed by atoms with Crippen molar-refractivity contribution < 1.29 is 0 Å². The average molecular weight is 255 g/mol. The molecule has 19 heavy (non-hydrogen) atoms. The molecule has 0 saturated carbocycles. The van der Waals surface area contributed by atoms with E-state index in [1.165, 1.54) is 36.9 Å². The average Bonchev–Trinajstić information content (AvgIpc) is 2.93. The molecule has 3 heteroatoms. The number of aromatic nitrogens is 1. The Morgan fingerprint density at radius 3 is 2.84 bits per heavy atom. The Morgan fingerprint density at radius 1 is 1.37 bits per heavy atom. The zero-order chi connectivity index (χ0) is 13.2. The maximum atomic E-state index is 9.36. The quantitative estimate of drug-likeness (QED) is 0.815. The van der Waals surface area contributed by atoms with Crippen LogP contribution >= 0.6 is 0 Å². The van der Waals surface area contributed by atoms with Crippen molar-refractivity contribution >= 4 is 5.82 Å². The molecule has 1 aromatic rings. The Hall–Kier alpha value is -1.56. The molecule has 1 aliphatic carbocycles. The molecule has 0 unspecified atom stereocenters. The van der Waals surface area contributed by atoms with Crippen LogP contribution in [0.4, 0.5) is 5.82 Å². The summed E-state index contributed by atoms with van der Waals surface area (Å²) in [6, 6.07) is 4.42. The molecule has 3 nitrogen and oxygen atoms in total. The van der Waals surface area contributed by atoms with E-state index in [1.54, 1.807) is 0 Å². The lowest BCUT2D eigenvalue weighted by Gasteiger charge is -2.33. The number of pyridine rings is 1. The Morgan fingerprint density at radius 2 is 2.16 bits per heavy atom. The normalized spacial score (nSPS) is 19.3. The topological polar surface area (TPSA) is 39.9 Å². The second-order valence-corrected chi connectivity index (χ2v) is 5.77. The highest BCUT2D eigenvalue weighted by Crippen LogP contribution is 2.30. The first-order chi connectivity index (χ1) is 9.31. The van der Waals surface area contributed by atoms with Crippen LogP contribution in [0.2, 0.25) is 0 Å². The van der Waals surface area contributed by atoms with Crippen LogP contribution in [0.3, 0.4) is 0 Å². The SMILES string of the molecule is CCC1CCN(c2nc3c(cc2C#N)CCC3)CC1. The van der Waals surface area contributed by atoms with E-state index in [2.05, 4.69) is 24.0 Å². The third kappa shape index (κ3) is 2.32. The second-order valence-electron chi connectivity index (χ2n) is 5.77. The fourth-order valence-corrected chi connectivity index (χ4v) is 3.34. The molecule has 1 aromatic heterocycles. The molecular weight excluding hydrogens is 234 g/mol. The monoisotopic (exact) mass is 255 g/mol. The van der Waals surface area contributed by atoms with Crippen molar-refractivity contribution in [3.05, 3.63) is 22.9 Å². The standard InChI is InChI=1S/C16H21N3/c1-2-12-6-8-19(9-7-12)16-14(11-17)10-13-4-3-5-15(13)18-16/h10,12H,2-9H2,1H3. The van der Waals surface area contributed by atoms with Gasteiger partial charge < -0.3 is 4.90 Å². The van der Waals surface area contributed by atoms with Gasteiger partial charge in [0, 0.05) is 18.8 Å². The summed E-state index contributed by atoms with van der Waals surface area (Å²) in [5.74, 6) is 1.80. The first-order valence-electron chi connectivity index (χ1n) is 7.49. The van der Waals surface area contributed by atoms with Gasteiger partial charge in [0.25, 0.3) is 0 Å². The summed E-state index contributed by atoms with van der Waals surface area (Å²) in [6.07, 6.45) is 7.11. The van der Waals surface area contributed by atoms with E-state index in [4.69, 9.17) is 4.98 Å². The highest BCUT2D eigenvalue weighted by Gasteiger charge is 2.23. The van der Waals surface area contributed by atoms with E-state index in [0.29, 0.717) is 0 Å². The lowest BCUT2D eigenvalue weighted by Crippen LogP contribution is -2.34. The number of anilines is 1. The van der Waals surface area contributed by atoms with Crippen LogP contribution in [0.5, 0.6) is 0 Å². The molecule has 1 saturated heterocycles. The van der Waals surface area contributed by atoms with E-state index >= 15 is 0 Å². The summed E-state index contributed by atoms with van der Waals surface area (Å²) < 4.78 is 0. The van der Waals surface area contributed by atoms with E-state index in [0.717, 1.165) is 43.2 Å². The van der Waals surface area contributed by atoms with Gasteiger partial charge in [0.2, 0.25) is 0 Å². The number of nitriles is 1. The number of nitrogens with zero attached hydrogens (tertiary/aromatic N) is 3. The molecule has 0 aromatic carbocycles. The van der Waals surface area contributed by atoms with Crippen molar-refractivity contribution in [2.24, 2.45) is 5.92 Å². The van der Waals surface area contributed by atoms with Crippen molar-refractivity contribution in [1.29, 1.82) is 5.26 Å². The molecule has 0 N–H and O–H groups in total. The molecular formula is C16H21N3. The number of hydrogen-bond acceptors (Lipinski definition) is 3. The van der Waals surface area contributed by atoms with Crippen LogP contribution in [-0.4, -0.2) is 18.1 Å². The third-order valence-electron chi connectivity index (χ3n) is 4.64. The van der Waals surface area contributed by atoms with Gasteiger partial charge in [-0.2, -0.15) is 5.26 Å². The van der Waals surface area contributed by atoms with Crippen molar-refractivity contribution in [3.63, 3.8) is 0 Å². The smallest absolute Gasteiger partial charge is 0.146 e. The van der Waals surface area contributed by atoms with Gasteiger partial charge in [-0.25, -0.2) is 4.98 Å². The number of fused-ring (bicyclic) bond motifs is 1. The van der Waals surface area contributed by atoms with E-state index in [-0.39, 0.29) is 0 Å². The Labute approximate surface area is 115 Å². The highest BCUT2D eigenvalue weighted by atomic mass is 15.2. The Bertz CT molecular complexity index is 507. The van der Waals surface area contributed by atoms with Gasteiger partial charge >= 0.3 is 0 Å². The molecule has 3 rings (SSSR count). The second kappa shape index (κ2) is 5.21. The van der Waals surface area contributed by atoms with Gasteiger partial charge in [-0.05, 0) is 49.7 Å².